The number of aliphatic carboxylic acids is 1. The molecule has 2 aromatic rings. The maximum absolute atomic E-state index is 14.3. The summed E-state index contributed by atoms with van der Waals surface area (Å²) in [5, 5.41) is 22.5. The van der Waals surface area contributed by atoms with Crippen molar-refractivity contribution in [3.63, 3.8) is 0 Å². The molecule has 308 valence electrons. The van der Waals surface area contributed by atoms with Crippen LogP contribution in [0.2, 0.25) is 0 Å². The smallest absolute Gasteiger partial charge is 0.326 e. The van der Waals surface area contributed by atoms with Crippen LogP contribution in [0.25, 0.3) is 10.9 Å². The first kappa shape index (κ1) is 45.3. The first-order valence-electron chi connectivity index (χ1n) is 20.0. The molecule has 6 atom stereocenters. The van der Waals surface area contributed by atoms with Crippen LogP contribution in [-0.4, -0.2) is 107 Å². The van der Waals surface area contributed by atoms with Crippen molar-refractivity contribution in [2.75, 3.05) is 26.2 Å². The molecule has 0 saturated carbocycles. The van der Waals surface area contributed by atoms with E-state index in [0.29, 0.717) is 45.4 Å². The summed E-state index contributed by atoms with van der Waals surface area (Å²) in [5.41, 5.74) is 18.6. The van der Waals surface area contributed by atoms with Crippen molar-refractivity contribution in [1.29, 1.82) is 0 Å². The van der Waals surface area contributed by atoms with Gasteiger partial charge >= 0.3 is 5.97 Å². The van der Waals surface area contributed by atoms with E-state index in [4.69, 9.17) is 17.2 Å². The van der Waals surface area contributed by atoms with Gasteiger partial charge in [0.05, 0.1) is 6.04 Å². The predicted octanol–water partition coefficient (Wildman–Crippen LogP) is 1.88. The molecule has 0 radical (unpaired) electrons. The quantitative estimate of drug-likeness (QED) is 0.0743. The van der Waals surface area contributed by atoms with E-state index < -0.39 is 59.3 Å². The van der Waals surface area contributed by atoms with Gasteiger partial charge in [0, 0.05) is 42.7 Å². The van der Waals surface area contributed by atoms with Gasteiger partial charge in [-0.2, -0.15) is 0 Å². The molecule has 15 heteroatoms. The number of H-pyrrole nitrogens is 1. The molecule has 12 N–H and O–H groups in total. The van der Waals surface area contributed by atoms with Gasteiger partial charge in [-0.3, -0.25) is 19.2 Å². The molecule has 3 rings (SSSR count). The Morgan fingerprint density at radius 2 is 1.58 bits per heavy atom. The van der Waals surface area contributed by atoms with Gasteiger partial charge in [-0.15, -0.1) is 0 Å². The first-order valence-corrected chi connectivity index (χ1v) is 20.0. The Hall–Kier alpha value is -4.05. The molecule has 2 heterocycles. The Morgan fingerprint density at radius 1 is 0.909 bits per heavy atom. The molecule has 0 unspecified atom stereocenters. The zero-order chi connectivity index (χ0) is 40.7. The van der Waals surface area contributed by atoms with Crippen LogP contribution in [0.15, 0.2) is 30.5 Å². The maximum atomic E-state index is 14.3. The van der Waals surface area contributed by atoms with Crippen LogP contribution in [0.3, 0.4) is 0 Å². The summed E-state index contributed by atoms with van der Waals surface area (Å²) in [6.45, 7) is 11.0. The molecule has 1 aliphatic heterocycles. The molecule has 0 bridgehead atoms. The number of amides is 4. The van der Waals surface area contributed by atoms with E-state index in [0.717, 1.165) is 48.6 Å². The standard InChI is InChI=1S/C40H67N9O6/c1-25(2)21-32(39(54)55)47-37(52)34(40(3,4)5)48-35(50)31(22-26-23-44-29-15-7-6-14-28(26)29)46-36(51)33-17-12-20-49(33)38(53)30(16-9-11-19-42)45-24-27(43)13-8-10-18-41/h6-7,14-15,23,25,27,30-34,44-45H,8-13,16-22,24,41-43H2,1-5H3,(H,46,51)(H,47,52)(H,48,50)(H,54,55)/t27-,30-,31-,32-,33-,34+/m0/s1. The highest BCUT2D eigenvalue weighted by molar-refractivity contribution is 5.96. The molecule has 1 fully saturated rings. The van der Waals surface area contributed by atoms with Crippen molar-refractivity contribution < 1.29 is 29.1 Å². The molecule has 1 aromatic heterocycles. The number of carbonyl (C=O) groups excluding carboxylic acids is 4. The number of aromatic amines is 1. The highest BCUT2D eigenvalue weighted by Gasteiger charge is 2.40. The fraction of sp³-hybridized carbons (Fsp3) is 0.675. The Labute approximate surface area is 326 Å². The number of unbranched alkanes of at least 4 members (excludes halogenated alkanes) is 2. The molecule has 1 aromatic carbocycles. The molecule has 0 spiro atoms. The number of carboxylic acid groups (broad SMARTS) is 1. The van der Waals surface area contributed by atoms with Gasteiger partial charge in [-0.05, 0) is 81.0 Å². The van der Waals surface area contributed by atoms with Crippen LogP contribution in [0.1, 0.15) is 98.0 Å². The van der Waals surface area contributed by atoms with Crippen molar-refractivity contribution in [2.24, 2.45) is 28.5 Å². The number of carboxylic acids is 1. The Kier molecular flexibility index (Phi) is 18.0. The van der Waals surface area contributed by atoms with E-state index in [1.165, 1.54) is 0 Å². The fourth-order valence-corrected chi connectivity index (χ4v) is 7.12. The van der Waals surface area contributed by atoms with Crippen LogP contribution < -0.4 is 38.5 Å². The minimum absolute atomic E-state index is 0.00271. The number of nitrogens with two attached hydrogens (primary N) is 3. The summed E-state index contributed by atoms with van der Waals surface area (Å²) >= 11 is 0. The minimum Gasteiger partial charge on any atom is -0.480 e. The Bertz CT molecular complexity index is 1560. The zero-order valence-electron chi connectivity index (χ0n) is 33.5. The van der Waals surface area contributed by atoms with Gasteiger partial charge in [0.2, 0.25) is 23.6 Å². The molecule has 0 aliphatic carbocycles. The third-order valence-electron chi connectivity index (χ3n) is 10.2. The van der Waals surface area contributed by atoms with Gasteiger partial charge in [0.1, 0.15) is 24.2 Å². The fourth-order valence-electron chi connectivity index (χ4n) is 7.12. The van der Waals surface area contributed by atoms with E-state index in [9.17, 15) is 29.1 Å². The normalized spacial score (nSPS) is 17.4. The average molecular weight is 770 g/mol. The van der Waals surface area contributed by atoms with Gasteiger partial charge in [0.15, 0.2) is 0 Å². The highest BCUT2D eigenvalue weighted by Crippen LogP contribution is 2.24. The molecule has 4 amide bonds. The lowest BCUT2D eigenvalue weighted by molar-refractivity contribution is -0.143. The molecule has 1 aliphatic rings. The summed E-state index contributed by atoms with van der Waals surface area (Å²) in [7, 11) is 0. The number of rotatable bonds is 23. The van der Waals surface area contributed by atoms with Gasteiger partial charge in [0.25, 0.3) is 0 Å². The van der Waals surface area contributed by atoms with E-state index in [-0.39, 0.29) is 30.7 Å². The van der Waals surface area contributed by atoms with Crippen molar-refractivity contribution >= 4 is 40.5 Å². The number of fused-ring (bicyclic) bond motifs is 1. The topological polar surface area (TPSA) is 251 Å². The number of hydrogen-bond acceptors (Lipinski definition) is 9. The number of benzene rings is 1. The predicted molar refractivity (Wildman–Crippen MR) is 215 cm³/mol. The molecular weight excluding hydrogens is 702 g/mol. The third-order valence-corrected chi connectivity index (χ3v) is 10.2. The highest BCUT2D eigenvalue weighted by atomic mass is 16.4. The zero-order valence-corrected chi connectivity index (χ0v) is 33.5. The molecule has 1 saturated heterocycles. The minimum atomic E-state index is -1.16. The largest absolute Gasteiger partial charge is 0.480 e. The summed E-state index contributed by atoms with van der Waals surface area (Å²) < 4.78 is 0. The summed E-state index contributed by atoms with van der Waals surface area (Å²) in [6.07, 6.45) is 7.71. The second-order valence-corrected chi connectivity index (χ2v) is 16.4. The average Bonchev–Trinajstić information content (AvgIpc) is 3.78. The van der Waals surface area contributed by atoms with Crippen LogP contribution >= 0.6 is 0 Å². The second-order valence-electron chi connectivity index (χ2n) is 16.4. The van der Waals surface area contributed by atoms with E-state index in [1.54, 1.807) is 31.9 Å². The monoisotopic (exact) mass is 770 g/mol. The second kappa shape index (κ2) is 21.9. The third kappa shape index (κ3) is 13.9. The van der Waals surface area contributed by atoms with Gasteiger partial charge in [-0.25, -0.2) is 4.79 Å². The molecular formula is C40H67N9O6. The Morgan fingerprint density at radius 3 is 2.22 bits per heavy atom. The SMILES string of the molecule is CC(C)C[C@H](NC(=O)[C@@H](NC(=O)[C@H](Cc1c[nH]c2ccccc12)NC(=O)[C@@H]1CCCN1C(=O)[C@H](CCCCN)NC[C@@H](N)CCCCN)C(C)(C)C)C(=O)O. The van der Waals surface area contributed by atoms with E-state index >= 15 is 0 Å². The van der Waals surface area contributed by atoms with Crippen LogP contribution in [0.5, 0.6) is 0 Å². The van der Waals surface area contributed by atoms with Crippen molar-refractivity contribution in [3.05, 3.63) is 36.0 Å². The van der Waals surface area contributed by atoms with Crippen LogP contribution in [0, 0.1) is 11.3 Å². The summed E-state index contributed by atoms with van der Waals surface area (Å²) in [5.74, 6) is -3.06. The number of carbonyl (C=O) groups is 5. The van der Waals surface area contributed by atoms with Crippen LogP contribution in [-0.2, 0) is 30.4 Å². The lowest BCUT2D eigenvalue weighted by Gasteiger charge is -2.33. The number of para-hydroxylation sites is 1. The summed E-state index contributed by atoms with van der Waals surface area (Å²) in [4.78, 5) is 73.1. The van der Waals surface area contributed by atoms with Gasteiger partial charge < -0.3 is 53.5 Å². The number of aromatic nitrogens is 1. The van der Waals surface area contributed by atoms with Gasteiger partial charge in [-0.1, -0.05) is 65.7 Å². The number of nitrogens with zero attached hydrogens (tertiary/aromatic N) is 1. The number of hydrogen-bond donors (Lipinski definition) is 9. The van der Waals surface area contributed by atoms with Crippen LogP contribution in [0.4, 0.5) is 0 Å². The summed E-state index contributed by atoms with van der Waals surface area (Å²) in [6, 6.07) is 2.71. The number of likely N-dealkylation sites (tertiary alicyclic amines) is 1. The number of nitrogens with one attached hydrogen (secondary N) is 5. The maximum Gasteiger partial charge on any atom is 0.326 e. The van der Waals surface area contributed by atoms with Crippen molar-refractivity contribution in [3.8, 4) is 0 Å². The van der Waals surface area contributed by atoms with Crippen molar-refractivity contribution in [2.45, 2.75) is 135 Å². The molecule has 55 heavy (non-hydrogen) atoms. The lowest BCUT2D eigenvalue weighted by atomic mass is 9.85. The van der Waals surface area contributed by atoms with E-state index in [1.807, 2.05) is 38.1 Å². The molecule has 15 nitrogen and oxygen atoms in total. The van der Waals surface area contributed by atoms with E-state index in [2.05, 4.69) is 26.3 Å². The lowest BCUT2D eigenvalue weighted by Crippen LogP contribution is -2.61. The first-order chi connectivity index (χ1) is 26.1. The Balaban J connectivity index is 1.86. The van der Waals surface area contributed by atoms with Crippen molar-refractivity contribution in [1.82, 2.24) is 31.2 Å².